The van der Waals surface area contributed by atoms with Crippen molar-refractivity contribution in [1.29, 1.82) is 0 Å². The number of fused-ring (bicyclic) bond motifs is 4. The lowest BCUT2D eigenvalue weighted by Crippen LogP contribution is -2.61. The van der Waals surface area contributed by atoms with Gasteiger partial charge in [-0.1, -0.05) is 34.6 Å². The molecule has 0 aromatic heterocycles. The van der Waals surface area contributed by atoms with E-state index in [2.05, 4.69) is 34.6 Å². The third-order valence-electron chi connectivity index (χ3n) is 15.0. The second-order valence-electron chi connectivity index (χ2n) is 16.8. The van der Waals surface area contributed by atoms with Gasteiger partial charge in [0, 0.05) is 12.3 Å². The van der Waals surface area contributed by atoms with E-state index in [1.54, 1.807) is 0 Å². The molecule has 7 rings (SSSR count). The SMILES string of the molecule is CC(=O)OCC1C[C@@H](C)[C@H]2C(O1)[C@H](O)[C@@]1(C)C3CC[C@H]4C(C)(C)[C@@H](O[C@@H]5OC[C@@H](O)[C@H](O)[C@H]5O)CC[C@@]45C[C@@]35CC[C@]21C. The molecule has 5 aliphatic carbocycles. The summed E-state index contributed by atoms with van der Waals surface area (Å²) < 4.78 is 24.1. The first-order chi connectivity index (χ1) is 20.1. The molecule has 9 heteroatoms. The second-order valence-corrected chi connectivity index (χ2v) is 16.8. The van der Waals surface area contributed by atoms with Crippen molar-refractivity contribution in [3.05, 3.63) is 0 Å². The smallest absolute Gasteiger partial charge is 0.302 e. The predicted octanol–water partition coefficient (Wildman–Crippen LogP) is 3.19. The number of esters is 1. The van der Waals surface area contributed by atoms with Gasteiger partial charge in [-0.15, -0.1) is 0 Å². The summed E-state index contributed by atoms with van der Waals surface area (Å²) in [4.78, 5) is 11.5. The Morgan fingerprint density at radius 1 is 0.930 bits per heavy atom. The Morgan fingerprint density at radius 3 is 2.35 bits per heavy atom. The topological polar surface area (TPSA) is 135 Å². The van der Waals surface area contributed by atoms with Crippen molar-refractivity contribution in [2.75, 3.05) is 13.2 Å². The van der Waals surface area contributed by atoms with Gasteiger partial charge in [0.2, 0.25) is 0 Å². The van der Waals surface area contributed by atoms with Crippen LogP contribution in [0.3, 0.4) is 0 Å². The highest BCUT2D eigenvalue weighted by Crippen LogP contribution is 2.89. The lowest BCUT2D eigenvalue weighted by molar-refractivity contribution is -0.303. The van der Waals surface area contributed by atoms with Crippen LogP contribution in [0.25, 0.3) is 0 Å². The van der Waals surface area contributed by atoms with Crippen molar-refractivity contribution in [3.8, 4) is 0 Å². The highest BCUT2D eigenvalue weighted by atomic mass is 16.7. The summed E-state index contributed by atoms with van der Waals surface area (Å²) in [7, 11) is 0. The van der Waals surface area contributed by atoms with Crippen LogP contribution in [0, 0.1) is 50.7 Å². The molecule has 5 saturated carbocycles. The summed E-state index contributed by atoms with van der Waals surface area (Å²) in [6, 6.07) is 0. The van der Waals surface area contributed by atoms with Crippen LogP contribution in [0.5, 0.6) is 0 Å². The predicted molar refractivity (Wildman–Crippen MR) is 155 cm³/mol. The van der Waals surface area contributed by atoms with E-state index in [-0.39, 0.29) is 70.5 Å². The summed E-state index contributed by atoms with van der Waals surface area (Å²) in [5.41, 5.74) is 0.00714. The van der Waals surface area contributed by atoms with Crippen LogP contribution in [-0.4, -0.2) is 88.6 Å². The lowest BCUT2D eigenvalue weighted by Gasteiger charge is -2.64. The van der Waals surface area contributed by atoms with Crippen molar-refractivity contribution in [1.82, 2.24) is 0 Å². The second kappa shape index (κ2) is 9.85. The van der Waals surface area contributed by atoms with Crippen molar-refractivity contribution >= 4 is 5.97 Å². The Balaban J connectivity index is 1.13. The van der Waals surface area contributed by atoms with Crippen LogP contribution in [0.1, 0.15) is 92.9 Å². The zero-order chi connectivity index (χ0) is 30.9. The number of carbonyl (C=O) groups excluding carboxylic acids is 1. The van der Waals surface area contributed by atoms with Gasteiger partial charge in [0.15, 0.2) is 6.29 Å². The first-order valence-electron chi connectivity index (χ1n) is 16.9. The fraction of sp³-hybridized carbons (Fsp3) is 0.971. The van der Waals surface area contributed by atoms with Gasteiger partial charge >= 0.3 is 5.97 Å². The molecule has 2 saturated heterocycles. The average Bonchev–Trinajstić information content (AvgIpc) is 3.58. The molecule has 16 atom stereocenters. The molecule has 0 aromatic carbocycles. The molecule has 0 bridgehead atoms. The number of aliphatic hydroxyl groups excluding tert-OH is 4. The lowest BCUT2D eigenvalue weighted by atomic mass is 9.41. The zero-order valence-corrected chi connectivity index (χ0v) is 26.8. The van der Waals surface area contributed by atoms with Gasteiger partial charge in [0.05, 0.1) is 31.0 Å². The first kappa shape index (κ1) is 30.8. The third kappa shape index (κ3) is 3.91. The van der Waals surface area contributed by atoms with E-state index in [0.717, 1.165) is 38.5 Å². The Bertz CT molecular complexity index is 1130. The van der Waals surface area contributed by atoms with E-state index in [4.69, 9.17) is 18.9 Å². The van der Waals surface area contributed by atoms with Crippen molar-refractivity contribution in [3.63, 3.8) is 0 Å². The van der Waals surface area contributed by atoms with Gasteiger partial charge in [-0.05, 0) is 96.7 Å². The molecule has 244 valence electrons. The summed E-state index contributed by atoms with van der Waals surface area (Å²) in [6.07, 6.45) is 2.72. The molecule has 2 aliphatic heterocycles. The number of hydrogen-bond donors (Lipinski definition) is 4. The first-order valence-corrected chi connectivity index (χ1v) is 16.9. The molecule has 0 amide bonds. The molecule has 3 unspecified atom stereocenters. The Labute approximate surface area is 256 Å². The fourth-order valence-corrected chi connectivity index (χ4v) is 13.0. The molecular formula is C34H54O9. The standard InChI is InChI=1S/C34H54O9/c1-17-13-19(14-40-18(2)35)42-27-24(17)31(5)11-12-34-16-33(34)10-9-23(43-29-26(38)25(37)20(36)15-41-29)30(3,4)21(33)7-8-22(34)32(31,6)28(27)39/h17,19-29,36-39H,7-16H2,1-6H3/t17-,19?,20-,21+,22?,23+,24+,25+,26-,27?,28+,29+,31-,32-,33-,34+/m1/s1. The van der Waals surface area contributed by atoms with Crippen LogP contribution in [0.2, 0.25) is 0 Å². The largest absolute Gasteiger partial charge is 0.463 e. The molecule has 4 N–H and O–H groups in total. The van der Waals surface area contributed by atoms with Crippen LogP contribution >= 0.6 is 0 Å². The molecule has 7 fully saturated rings. The maximum atomic E-state index is 12.3. The van der Waals surface area contributed by atoms with Gasteiger partial charge in [-0.2, -0.15) is 0 Å². The summed E-state index contributed by atoms with van der Waals surface area (Å²) >= 11 is 0. The van der Waals surface area contributed by atoms with E-state index in [0.29, 0.717) is 17.8 Å². The minimum atomic E-state index is -1.28. The third-order valence-corrected chi connectivity index (χ3v) is 15.0. The molecule has 7 aliphatic rings. The summed E-state index contributed by atoms with van der Waals surface area (Å²) in [5, 5.41) is 43.0. The minimum Gasteiger partial charge on any atom is -0.463 e. The fourth-order valence-electron chi connectivity index (χ4n) is 13.0. The molecule has 0 radical (unpaired) electrons. The maximum absolute atomic E-state index is 12.3. The van der Waals surface area contributed by atoms with E-state index in [1.165, 1.54) is 19.8 Å². The van der Waals surface area contributed by atoms with E-state index in [1.807, 2.05) is 0 Å². The van der Waals surface area contributed by atoms with Crippen molar-refractivity contribution in [2.45, 2.75) is 142 Å². The number of hydrogen-bond acceptors (Lipinski definition) is 9. The Morgan fingerprint density at radius 2 is 1.63 bits per heavy atom. The van der Waals surface area contributed by atoms with Gasteiger partial charge in [0.1, 0.15) is 24.9 Å². The van der Waals surface area contributed by atoms with Crippen molar-refractivity contribution < 1.29 is 44.2 Å². The highest BCUT2D eigenvalue weighted by molar-refractivity contribution is 5.65. The molecule has 2 spiro atoms. The Kier molecular flexibility index (Phi) is 7.06. The van der Waals surface area contributed by atoms with Crippen LogP contribution < -0.4 is 0 Å². The van der Waals surface area contributed by atoms with E-state index >= 15 is 0 Å². The van der Waals surface area contributed by atoms with Gasteiger partial charge < -0.3 is 39.4 Å². The van der Waals surface area contributed by atoms with Crippen LogP contribution in [0.4, 0.5) is 0 Å². The molecular weight excluding hydrogens is 552 g/mol. The van der Waals surface area contributed by atoms with Gasteiger partial charge in [-0.3, -0.25) is 4.79 Å². The Hall–Kier alpha value is -0.810. The van der Waals surface area contributed by atoms with Gasteiger partial charge in [0.25, 0.3) is 0 Å². The molecule has 43 heavy (non-hydrogen) atoms. The average molecular weight is 607 g/mol. The van der Waals surface area contributed by atoms with Crippen LogP contribution in [0.15, 0.2) is 0 Å². The molecule has 9 nitrogen and oxygen atoms in total. The van der Waals surface area contributed by atoms with E-state index in [9.17, 15) is 25.2 Å². The maximum Gasteiger partial charge on any atom is 0.302 e. The molecule has 0 aromatic rings. The number of carbonyl (C=O) groups is 1. The minimum absolute atomic E-state index is 0.0227. The highest BCUT2D eigenvalue weighted by Gasteiger charge is 2.84. The molecule has 2 heterocycles. The van der Waals surface area contributed by atoms with Crippen LogP contribution in [-0.2, 0) is 23.7 Å². The monoisotopic (exact) mass is 606 g/mol. The number of aliphatic hydroxyl groups is 4. The number of ether oxygens (including phenoxy) is 4. The van der Waals surface area contributed by atoms with Crippen molar-refractivity contribution in [2.24, 2.45) is 50.7 Å². The van der Waals surface area contributed by atoms with Gasteiger partial charge in [-0.25, -0.2) is 0 Å². The quantitative estimate of drug-likeness (QED) is 0.281. The number of rotatable bonds is 4. The van der Waals surface area contributed by atoms with E-state index < -0.39 is 30.7 Å². The summed E-state index contributed by atoms with van der Waals surface area (Å²) in [6.45, 7) is 13.4. The zero-order valence-electron chi connectivity index (χ0n) is 26.8. The summed E-state index contributed by atoms with van der Waals surface area (Å²) in [5.74, 6) is 1.25. The normalized spacial score (nSPS) is 58.3.